The lowest BCUT2D eigenvalue weighted by Gasteiger charge is -2.02. The Morgan fingerprint density at radius 2 is 1.92 bits per heavy atom. The van der Waals surface area contributed by atoms with Gasteiger partial charge in [-0.1, -0.05) is 0 Å². The average Bonchev–Trinajstić information content (AvgIpc) is 2.03. The Balaban J connectivity index is 2.97. The summed E-state index contributed by atoms with van der Waals surface area (Å²) in [5.74, 6) is -2.87. The summed E-state index contributed by atoms with van der Waals surface area (Å²) in [5.41, 5.74) is -0.811. The maximum Gasteiger partial charge on any atom is 0.456 e. The fourth-order valence-electron chi connectivity index (χ4n) is 0.655. The van der Waals surface area contributed by atoms with E-state index in [1.54, 1.807) is 0 Å². The monoisotopic (exact) mass is 193 g/mol. The number of carbonyl (C=O) groups is 1. The Hall–Kier alpha value is -1.46. The molecule has 0 unspecified atom stereocenters. The van der Waals surface area contributed by atoms with Gasteiger partial charge in [0, 0.05) is 0 Å². The number of halogens is 4. The van der Waals surface area contributed by atoms with Crippen molar-refractivity contribution in [2.45, 2.75) is 6.18 Å². The Labute approximate surface area is 70.2 Å². The number of carbonyl (C=O) groups excluding carboxylic acids is 1. The van der Waals surface area contributed by atoms with Gasteiger partial charge in [-0.15, -0.1) is 0 Å². The van der Waals surface area contributed by atoms with E-state index in [1.165, 1.54) is 0 Å². The molecule has 6 heteroatoms. The molecule has 0 N–H and O–H groups in total. The maximum absolute atomic E-state index is 12.2. The van der Waals surface area contributed by atoms with Crippen LogP contribution in [0.2, 0.25) is 0 Å². The van der Waals surface area contributed by atoms with Gasteiger partial charge in [-0.3, -0.25) is 4.79 Å². The minimum atomic E-state index is -4.97. The lowest BCUT2D eigenvalue weighted by Crippen LogP contribution is -2.23. The van der Waals surface area contributed by atoms with Gasteiger partial charge in [0.1, 0.15) is 11.5 Å². The van der Waals surface area contributed by atoms with Crippen molar-refractivity contribution in [2.24, 2.45) is 0 Å². The minimum Gasteiger partial charge on any atom is -0.282 e. The van der Waals surface area contributed by atoms with Gasteiger partial charge < -0.3 is 0 Å². The van der Waals surface area contributed by atoms with E-state index in [9.17, 15) is 22.4 Å². The Morgan fingerprint density at radius 1 is 1.31 bits per heavy atom. The first-order chi connectivity index (χ1) is 5.91. The van der Waals surface area contributed by atoms with Gasteiger partial charge in [-0.2, -0.15) is 13.2 Å². The molecule has 2 nitrogen and oxygen atoms in total. The molecule has 0 aliphatic heterocycles. The molecule has 0 bridgehead atoms. The number of aromatic nitrogens is 1. The number of hydrogen-bond acceptors (Lipinski definition) is 2. The lowest BCUT2D eigenvalue weighted by molar-refractivity contribution is -0.0888. The first-order valence-electron chi connectivity index (χ1n) is 3.14. The van der Waals surface area contributed by atoms with Crippen molar-refractivity contribution in [2.75, 3.05) is 0 Å². The zero-order valence-corrected chi connectivity index (χ0v) is 6.10. The van der Waals surface area contributed by atoms with Crippen LogP contribution in [0, 0.1) is 5.82 Å². The number of Topliss-reactive ketones (excluding diaryl/α,β-unsaturated/α-hetero) is 1. The third kappa shape index (κ3) is 2.24. The number of nitrogens with zero attached hydrogens (tertiary/aromatic N) is 1. The van der Waals surface area contributed by atoms with E-state index in [-0.39, 0.29) is 0 Å². The largest absolute Gasteiger partial charge is 0.456 e. The second kappa shape index (κ2) is 3.12. The zero-order valence-electron chi connectivity index (χ0n) is 6.10. The summed E-state index contributed by atoms with van der Waals surface area (Å²) in [6.45, 7) is 0. The van der Waals surface area contributed by atoms with Crippen LogP contribution < -0.4 is 0 Å². The fraction of sp³-hybridized carbons (Fsp3) is 0.143. The second-order valence-electron chi connectivity index (χ2n) is 2.19. The van der Waals surface area contributed by atoms with Crippen LogP contribution in [0.4, 0.5) is 17.6 Å². The van der Waals surface area contributed by atoms with Crippen LogP contribution in [0.15, 0.2) is 18.3 Å². The molecule has 0 fully saturated rings. The number of alkyl halides is 3. The molecule has 1 heterocycles. The van der Waals surface area contributed by atoms with Gasteiger partial charge in [0.25, 0.3) is 5.78 Å². The van der Waals surface area contributed by atoms with Gasteiger partial charge in [0.05, 0.1) is 6.20 Å². The highest BCUT2D eigenvalue weighted by Crippen LogP contribution is 2.19. The van der Waals surface area contributed by atoms with E-state index in [0.29, 0.717) is 12.3 Å². The Bertz CT molecular complexity index is 316. The van der Waals surface area contributed by atoms with E-state index in [1.807, 2.05) is 0 Å². The summed E-state index contributed by atoms with van der Waals surface area (Å²) in [7, 11) is 0. The Morgan fingerprint density at radius 3 is 2.31 bits per heavy atom. The average molecular weight is 193 g/mol. The van der Waals surface area contributed by atoms with Gasteiger partial charge >= 0.3 is 6.18 Å². The third-order valence-corrected chi connectivity index (χ3v) is 1.22. The topological polar surface area (TPSA) is 30.0 Å². The molecule has 1 rings (SSSR count). The molecule has 0 aromatic carbocycles. The van der Waals surface area contributed by atoms with E-state index in [4.69, 9.17) is 0 Å². The van der Waals surface area contributed by atoms with Crippen LogP contribution in [-0.4, -0.2) is 16.9 Å². The summed E-state index contributed by atoms with van der Waals surface area (Å²) < 4.78 is 47.4. The maximum atomic E-state index is 12.2. The molecular formula is C7H3F4NO. The highest BCUT2D eigenvalue weighted by Gasteiger charge is 2.40. The SMILES string of the molecule is O=C(c1ccc(F)cn1)C(F)(F)F. The van der Waals surface area contributed by atoms with Crippen molar-refractivity contribution in [1.82, 2.24) is 4.98 Å². The Kier molecular flexibility index (Phi) is 2.31. The summed E-state index contributed by atoms with van der Waals surface area (Å²) in [4.78, 5) is 13.5. The van der Waals surface area contributed by atoms with Crippen molar-refractivity contribution in [3.8, 4) is 0 Å². The molecule has 70 valence electrons. The molecule has 0 aliphatic carbocycles. The molecule has 0 spiro atoms. The number of ketones is 1. The summed E-state index contributed by atoms with van der Waals surface area (Å²) in [5, 5.41) is 0. The van der Waals surface area contributed by atoms with E-state index in [0.717, 1.165) is 6.07 Å². The van der Waals surface area contributed by atoms with Crippen LogP contribution in [-0.2, 0) is 0 Å². The molecule has 0 saturated carbocycles. The normalized spacial score (nSPS) is 11.4. The van der Waals surface area contributed by atoms with Gasteiger partial charge in [-0.25, -0.2) is 9.37 Å². The number of rotatable bonds is 1. The zero-order chi connectivity index (χ0) is 10.1. The minimum absolute atomic E-state index is 0.555. The van der Waals surface area contributed by atoms with Crippen molar-refractivity contribution in [3.63, 3.8) is 0 Å². The van der Waals surface area contributed by atoms with Crippen molar-refractivity contribution in [3.05, 3.63) is 29.8 Å². The molecule has 0 saturated heterocycles. The van der Waals surface area contributed by atoms with E-state index >= 15 is 0 Å². The summed E-state index contributed by atoms with van der Waals surface area (Å²) >= 11 is 0. The van der Waals surface area contributed by atoms with Crippen LogP contribution in [0.1, 0.15) is 10.5 Å². The summed E-state index contributed by atoms with van der Waals surface area (Å²) in [6, 6.07) is 1.43. The molecule has 0 amide bonds. The highest BCUT2D eigenvalue weighted by atomic mass is 19.4. The van der Waals surface area contributed by atoms with E-state index in [2.05, 4.69) is 4.98 Å². The van der Waals surface area contributed by atoms with Crippen molar-refractivity contribution in [1.29, 1.82) is 0 Å². The van der Waals surface area contributed by atoms with Crippen LogP contribution in [0.25, 0.3) is 0 Å². The number of pyridine rings is 1. The lowest BCUT2D eigenvalue weighted by atomic mass is 10.2. The molecule has 1 aromatic heterocycles. The summed E-state index contributed by atoms with van der Waals surface area (Å²) in [6.07, 6.45) is -4.41. The van der Waals surface area contributed by atoms with Crippen LogP contribution >= 0.6 is 0 Å². The van der Waals surface area contributed by atoms with Crippen molar-refractivity contribution >= 4 is 5.78 Å². The first-order valence-corrected chi connectivity index (χ1v) is 3.14. The van der Waals surface area contributed by atoms with Crippen LogP contribution in [0.3, 0.4) is 0 Å². The van der Waals surface area contributed by atoms with Crippen molar-refractivity contribution < 1.29 is 22.4 Å². The first kappa shape index (κ1) is 9.63. The molecule has 0 atom stereocenters. The predicted molar refractivity (Wildman–Crippen MR) is 34.6 cm³/mol. The van der Waals surface area contributed by atoms with Gasteiger partial charge in [0.15, 0.2) is 0 Å². The fourth-order valence-corrected chi connectivity index (χ4v) is 0.655. The quantitative estimate of drug-likeness (QED) is 0.504. The van der Waals surface area contributed by atoms with E-state index < -0.39 is 23.5 Å². The predicted octanol–water partition coefficient (Wildman–Crippen LogP) is 1.97. The molecule has 0 radical (unpaired) electrons. The molecule has 0 aliphatic rings. The highest BCUT2D eigenvalue weighted by molar-refractivity contribution is 5.98. The molecular weight excluding hydrogens is 190 g/mol. The third-order valence-electron chi connectivity index (χ3n) is 1.22. The molecule has 13 heavy (non-hydrogen) atoms. The standard InChI is InChI=1S/C7H3F4NO/c8-4-1-2-5(12-3-4)6(13)7(9,10)11/h1-3H. The van der Waals surface area contributed by atoms with Gasteiger partial charge in [-0.05, 0) is 12.1 Å². The molecule has 1 aromatic rings. The second-order valence-corrected chi connectivity index (χ2v) is 2.19. The number of hydrogen-bond donors (Lipinski definition) is 0. The van der Waals surface area contributed by atoms with Crippen LogP contribution in [0.5, 0.6) is 0 Å². The van der Waals surface area contributed by atoms with Gasteiger partial charge in [0.2, 0.25) is 0 Å². The smallest absolute Gasteiger partial charge is 0.282 e.